The van der Waals surface area contributed by atoms with Crippen molar-refractivity contribution in [3.05, 3.63) is 11.6 Å². The molecule has 0 saturated heterocycles. The van der Waals surface area contributed by atoms with Crippen LogP contribution in [0.15, 0.2) is 11.6 Å². The predicted octanol–water partition coefficient (Wildman–Crippen LogP) is 2.45. The summed E-state index contributed by atoms with van der Waals surface area (Å²) in [4.78, 5) is 11.8. The van der Waals surface area contributed by atoms with E-state index in [-0.39, 0.29) is 0 Å². The van der Waals surface area contributed by atoms with Gasteiger partial charge in [-0.25, -0.2) is 0 Å². The number of carbonyl (C=O) groups excluding carboxylic acids is 1. The molecule has 2 aliphatic carbocycles. The van der Waals surface area contributed by atoms with Crippen LogP contribution in [0.4, 0.5) is 0 Å². The number of rotatable bonds is 5. The van der Waals surface area contributed by atoms with E-state index in [1.165, 1.54) is 32.1 Å². The van der Waals surface area contributed by atoms with Crippen LogP contribution in [0, 0.1) is 5.92 Å². The molecule has 1 fully saturated rings. The molecule has 0 radical (unpaired) electrons. The largest absolute Gasteiger partial charge is 0.309 e. The highest BCUT2D eigenvalue weighted by Gasteiger charge is 2.21. The van der Waals surface area contributed by atoms with Crippen molar-refractivity contribution in [2.45, 2.75) is 44.9 Å². The van der Waals surface area contributed by atoms with Gasteiger partial charge in [-0.15, -0.1) is 0 Å². The summed E-state index contributed by atoms with van der Waals surface area (Å²) >= 11 is 0. The molecule has 1 N–H and O–H groups in total. The standard InChI is InChI=1S/C13H21NO/c15-13(10-14-9-11-7-8-11)12-5-3-1-2-4-6-12/h5,11,14H,1-4,6-10H2. The lowest BCUT2D eigenvalue weighted by Gasteiger charge is -2.05. The molecular weight excluding hydrogens is 186 g/mol. The summed E-state index contributed by atoms with van der Waals surface area (Å²) in [5.74, 6) is 1.19. The fourth-order valence-corrected chi connectivity index (χ4v) is 2.09. The van der Waals surface area contributed by atoms with E-state index in [1.807, 2.05) is 0 Å². The van der Waals surface area contributed by atoms with E-state index >= 15 is 0 Å². The molecule has 0 aromatic rings. The van der Waals surface area contributed by atoms with Gasteiger partial charge in [0.15, 0.2) is 5.78 Å². The van der Waals surface area contributed by atoms with Crippen molar-refractivity contribution in [2.75, 3.05) is 13.1 Å². The Morgan fingerprint density at radius 2 is 2.20 bits per heavy atom. The molecule has 0 amide bonds. The summed E-state index contributed by atoms with van der Waals surface area (Å²) in [5, 5.41) is 3.27. The Balaban J connectivity index is 1.70. The number of ketones is 1. The molecule has 0 spiro atoms. The minimum atomic E-state index is 0.331. The minimum Gasteiger partial charge on any atom is -0.309 e. The monoisotopic (exact) mass is 207 g/mol. The van der Waals surface area contributed by atoms with Gasteiger partial charge in [-0.05, 0) is 56.6 Å². The number of hydrogen-bond donors (Lipinski definition) is 1. The van der Waals surface area contributed by atoms with Gasteiger partial charge in [-0.3, -0.25) is 4.79 Å². The van der Waals surface area contributed by atoms with Crippen LogP contribution in [0.5, 0.6) is 0 Å². The molecule has 84 valence electrons. The number of carbonyl (C=O) groups is 1. The van der Waals surface area contributed by atoms with Crippen LogP contribution >= 0.6 is 0 Å². The molecular formula is C13H21NO. The summed E-state index contributed by atoms with van der Waals surface area (Å²) in [5.41, 5.74) is 1.08. The molecule has 0 heterocycles. The Labute approximate surface area is 92.1 Å². The second-order valence-corrected chi connectivity index (χ2v) is 4.83. The zero-order valence-electron chi connectivity index (χ0n) is 9.43. The molecule has 0 aromatic carbocycles. The zero-order chi connectivity index (χ0) is 10.5. The molecule has 2 nitrogen and oxygen atoms in total. The van der Waals surface area contributed by atoms with Gasteiger partial charge in [0.1, 0.15) is 0 Å². The molecule has 2 heteroatoms. The van der Waals surface area contributed by atoms with E-state index in [0.29, 0.717) is 12.3 Å². The fraction of sp³-hybridized carbons (Fsp3) is 0.769. The van der Waals surface area contributed by atoms with Gasteiger partial charge in [-0.2, -0.15) is 0 Å². The van der Waals surface area contributed by atoms with Crippen molar-refractivity contribution in [2.24, 2.45) is 5.92 Å². The molecule has 0 aliphatic heterocycles. The molecule has 2 aliphatic rings. The third-order valence-electron chi connectivity index (χ3n) is 3.31. The lowest BCUT2D eigenvalue weighted by Crippen LogP contribution is -2.26. The van der Waals surface area contributed by atoms with Gasteiger partial charge in [-0.1, -0.05) is 12.5 Å². The summed E-state index contributed by atoms with van der Waals surface area (Å²) < 4.78 is 0. The smallest absolute Gasteiger partial charge is 0.172 e. The second-order valence-electron chi connectivity index (χ2n) is 4.83. The molecule has 1 saturated carbocycles. The Hall–Kier alpha value is -0.630. The number of Topliss-reactive ketones (excluding diaryl/α,β-unsaturated/α-hetero) is 1. The Morgan fingerprint density at radius 3 is 3.00 bits per heavy atom. The lowest BCUT2D eigenvalue weighted by molar-refractivity contribution is -0.114. The Bertz CT molecular complexity index is 253. The van der Waals surface area contributed by atoms with Gasteiger partial charge in [0.2, 0.25) is 0 Å². The van der Waals surface area contributed by atoms with Crippen molar-refractivity contribution < 1.29 is 4.79 Å². The maximum Gasteiger partial charge on any atom is 0.172 e. The quantitative estimate of drug-likeness (QED) is 0.750. The number of hydrogen-bond acceptors (Lipinski definition) is 2. The van der Waals surface area contributed by atoms with E-state index in [1.54, 1.807) is 0 Å². The normalized spacial score (nSPS) is 22.0. The summed E-state index contributed by atoms with van der Waals surface area (Å²) in [6, 6.07) is 0. The van der Waals surface area contributed by atoms with Crippen LogP contribution in [0.25, 0.3) is 0 Å². The molecule has 2 rings (SSSR count). The molecule has 0 atom stereocenters. The summed E-state index contributed by atoms with van der Waals surface area (Å²) in [6.45, 7) is 1.60. The van der Waals surface area contributed by atoms with Crippen LogP contribution in [0.1, 0.15) is 44.9 Å². The lowest BCUT2D eigenvalue weighted by atomic mass is 10.1. The first kappa shape index (κ1) is 10.9. The Morgan fingerprint density at radius 1 is 1.33 bits per heavy atom. The zero-order valence-corrected chi connectivity index (χ0v) is 9.43. The van der Waals surface area contributed by atoms with Crippen LogP contribution in [0.3, 0.4) is 0 Å². The van der Waals surface area contributed by atoms with Crippen molar-refractivity contribution in [1.29, 1.82) is 0 Å². The fourth-order valence-electron chi connectivity index (χ4n) is 2.09. The molecule has 15 heavy (non-hydrogen) atoms. The van der Waals surface area contributed by atoms with E-state index in [9.17, 15) is 4.79 Å². The SMILES string of the molecule is O=C(CNCC1CC1)C1=CCCCCC1. The number of nitrogens with one attached hydrogen (secondary N) is 1. The van der Waals surface area contributed by atoms with Crippen LogP contribution in [0.2, 0.25) is 0 Å². The van der Waals surface area contributed by atoms with Gasteiger partial charge in [0.05, 0.1) is 6.54 Å². The van der Waals surface area contributed by atoms with Gasteiger partial charge < -0.3 is 5.32 Å². The first-order chi connectivity index (χ1) is 7.36. The van der Waals surface area contributed by atoms with Crippen LogP contribution in [-0.4, -0.2) is 18.9 Å². The molecule has 0 aromatic heterocycles. The van der Waals surface area contributed by atoms with E-state index in [0.717, 1.165) is 30.9 Å². The van der Waals surface area contributed by atoms with Crippen molar-refractivity contribution in [3.63, 3.8) is 0 Å². The first-order valence-electron chi connectivity index (χ1n) is 6.29. The van der Waals surface area contributed by atoms with Crippen molar-refractivity contribution in [1.82, 2.24) is 5.32 Å². The predicted molar refractivity (Wildman–Crippen MR) is 61.8 cm³/mol. The highest BCUT2D eigenvalue weighted by molar-refractivity contribution is 5.96. The average molecular weight is 207 g/mol. The first-order valence-corrected chi connectivity index (χ1v) is 6.29. The maximum absolute atomic E-state index is 11.8. The summed E-state index contributed by atoms with van der Waals surface area (Å²) in [7, 11) is 0. The highest BCUT2D eigenvalue weighted by Crippen LogP contribution is 2.27. The highest BCUT2D eigenvalue weighted by atomic mass is 16.1. The van der Waals surface area contributed by atoms with Gasteiger partial charge >= 0.3 is 0 Å². The van der Waals surface area contributed by atoms with E-state index in [2.05, 4.69) is 11.4 Å². The van der Waals surface area contributed by atoms with Crippen LogP contribution < -0.4 is 5.32 Å². The van der Waals surface area contributed by atoms with Crippen molar-refractivity contribution in [3.8, 4) is 0 Å². The molecule has 0 unspecified atom stereocenters. The van der Waals surface area contributed by atoms with Gasteiger partial charge in [0.25, 0.3) is 0 Å². The second kappa shape index (κ2) is 5.45. The average Bonchev–Trinajstić information content (AvgIpc) is 3.04. The number of allylic oxidation sites excluding steroid dienone is 1. The molecule has 0 bridgehead atoms. The van der Waals surface area contributed by atoms with E-state index in [4.69, 9.17) is 0 Å². The van der Waals surface area contributed by atoms with Crippen LogP contribution in [-0.2, 0) is 4.79 Å². The topological polar surface area (TPSA) is 29.1 Å². The van der Waals surface area contributed by atoms with Gasteiger partial charge in [0, 0.05) is 0 Å². The van der Waals surface area contributed by atoms with Crippen molar-refractivity contribution >= 4 is 5.78 Å². The summed E-state index contributed by atoms with van der Waals surface area (Å²) in [6.07, 6.45) is 10.7. The third kappa shape index (κ3) is 3.78. The Kier molecular flexibility index (Phi) is 3.95. The third-order valence-corrected chi connectivity index (χ3v) is 3.31. The van der Waals surface area contributed by atoms with E-state index < -0.39 is 0 Å². The maximum atomic E-state index is 11.8. The minimum absolute atomic E-state index is 0.331.